The van der Waals surface area contributed by atoms with Crippen molar-refractivity contribution in [3.05, 3.63) is 54.0 Å². The molecule has 0 bridgehead atoms. The molecule has 2 heterocycles. The largest absolute Gasteiger partial charge is 0.468 e. The van der Waals surface area contributed by atoms with Gasteiger partial charge in [-0.3, -0.25) is 4.79 Å². The van der Waals surface area contributed by atoms with Crippen molar-refractivity contribution in [2.75, 3.05) is 6.54 Å². The number of hydrogen-bond donors (Lipinski definition) is 1. The molecule has 1 aromatic carbocycles. The summed E-state index contributed by atoms with van der Waals surface area (Å²) in [6, 6.07) is 9.70. The molecule has 1 unspecified atom stereocenters. The van der Waals surface area contributed by atoms with Crippen LogP contribution in [0.15, 0.2) is 52.0 Å². The van der Waals surface area contributed by atoms with Crippen LogP contribution < -0.4 is 4.72 Å². The van der Waals surface area contributed by atoms with E-state index in [-0.39, 0.29) is 23.4 Å². The van der Waals surface area contributed by atoms with Gasteiger partial charge < -0.3 is 9.32 Å². The summed E-state index contributed by atoms with van der Waals surface area (Å²) in [7, 11) is -3.65. The number of piperidine rings is 1. The summed E-state index contributed by atoms with van der Waals surface area (Å²) in [5, 5.41) is 0. The third-order valence-corrected chi connectivity index (χ3v) is 5.91. The molecule has 0 radical (unpaired) electrons. The van der Waals surface area contributed by atoms with E-state index in [1.165, 1.54) is 18.4 Å². The predicted molar refractivity (Wildman–Crippen MR) is 93.5 cm³/mol. The zero-order valence-corrected chi connectivity index (χ0v) is 15.0. The average molecular weight is 362 g/mol. The molecule has 3 rings (SSSR count). The molecule has 0 saturated carbocycles. The third kappa shape index (κ3) is 4.11. The van der Waals surface area contributed by atoms with Crippen molar-refractivity contribution in [1.29, 1.82) is 0 Å². The summed E-state index contributed by atoms with van der Waals surface area (Å²) < 4.78 is 32.2. The molecule has 25 heavy (non-hydrogen) atoms. The molecule has 6 nitrogen and oxygen atoms in total. The number of sulfonamides is 1. The molecule has 1 N–H and O–H groups in total. The lowest BCUT2D eigenvalue weighted by atomic mass is 10.0. The molecular weight excluding hydrogens is 340 g/mol. The highest BCUT2D eigenvalue weighted by atomic mass is 32.2. The molecule has 7 heteroatoms. The molecule has 1 atom stereocenters. The molecule has 1 saturated heterocycles. The van der Waals surface area contributed by atoms with Crippen LogP contribution in [-0.2, 0) is 16.6 Å². The minimum absolute atomic E-state index is 0.0420. The monoisotopic (exact) mass is 362 g/mol. The second-order valence-electron chi connectivity index (χ2n) is 6.27. The van der Waals surface area contributed by atoms with Crippen molar-refractivity contribution in [2.45, 2.75) is 43.7 Å². The highest BCUT2D eigenvalue weighted by Gasteiger charge is 2.24. The average Bonchev–Trinajstić information content (AvgIpc) is 3.14. The van der Waals surface area contributed by atoms with Crippen LogP contribution in [0.3, 0.4) is 0 Å². The van der Waals surface area contributed by atoms with E-state index >= 15 is 0 Å². The number of amides is 1. The maximum absolute atomic E-state index is 12.6. The van der Waals surface area contributed by atoms with Gasteiger partial charge in [0.05, 0.1) is 17.7 Å². The van der Waals surface area contributed by atoms with Crippen molar-refractivity contribution < 1.29 is 17.6 Å². The lowest BCUT2D eigenvalue weighted by molar-refractivity contribution is 0.0635. The second-order valence-corrected chi connectivity index (χ2v) is 8.04. The second kappa shape index (κ2) is 7.41. The summed E-state index contributed by atoms with van der Waals surface area (Å²) in [4.78, 5) is 14.6. The molecule has 134 valence electrons. The Kier molecular flexibility index (Phi) is 5.24. The Morgan fingerprint density at radius 1 is 1.24 bits per heavy atom. The molecule has 1 aliphatic rings. The number of rotatable bonds is 5. The molecule has 1 amide bonds. The van der Waals surface area contributed by atoms with Gasteiger partial charge in [0.25, 0.3) is 5.91 Å². The molecule has 1 aliphatic heterocycles. The minimum atomic E-state index is -3.65. The first-order valence-corrected chi connectivity index (χ1v) is 9.89. The van der Waals surface area contributed by atoms with Crippen LogP contribution in [0, 0.1) is 0 Å². The third-order valence-electron chi connectivity index (χ3n) is 4.49. The van der Waals surface area contributed by atoms with Gasteiger partial charge in [0.1, 0.15) is 5.76 Å². The minimum Gasteiger partial charge on any atom is -0.468 e. The Balaban J connectivity index is 1.69. The Labute approximate surface area is 147 Å². The van der Waals surface area contributed by atoms with E-state index in [9.17, 15) is 13.2 Å². The van der Waals surface area contributed by atoms with Crippen LogP contribution in [0.2, 0.25) is 0 Å². The number of benzene rings is 1. The highest BCUT2D eigenvalue weighted by molar-refractivity contribution is 7.89. The number of nitrogens with one attached hydrogen (secondary N) is 1. The van der Waals surface area contributed by atoms with Gasteiger partial charge in [-0.2, -0.15) is 0 Å². The maximum atomic E-state index is 12.6. The van der Waals surface area contributed by atoms with Crippen LogP contribution in [0.5, 0.6) is 0 Å². The first kappa shape index (κ1) is 17.7. The predicted octanol–water partition coefficient (Wildman–Crippen LogP) is 2.77. The fraction of sp³-hybridized carbons (Fsp3) is 0.389. The van der Waals surface area contributed by atoms with Gasteiger partial charge in [0.2, 0.25) is 10.0 Å². The summed E-state index contributed by atoms with van der Waals surface area (Å²) in [6.07, 6.45) is 4.66. The van der Waals surface area contributed by atoms with Crippen LogP contribution in [0.25, 0.3) is 0 Å². The van der Waals surface area contributed by atoms with Gasteiger partial charge in [0.15, 0.2) is 0 Å². The van der Waals surface area contributed by atoms with E-state index < -0.39 is 10.0 Å². The van der Waals surface area contributed by atoms with Crippen LogP contribution in [0.4, 0.5) is 0 Å². The Bertz CT molecular complexity index is 813. The van der Waals surface area contributed by atoms with Gasteiger partial charge in [-0.15, -0.1) is 0 Å². The lowest BCUT2D eigenvalue weighted by Crippen LogP contribution is -2.42. The van der Waals surface area contributed by atoms with Crippen molar-refractivity contribution >= 4 is 15.9 Å². The molecule has 0 spiro atoms. The summed E-state index contributed by atoms with van der Waals surface area (Å²) >= 11 is 0. The molecule has 0 aliphatic carbocycles. The molecule has 1 fully saturated rings. The first-order chi connectivity index (χ1) is 12.0. The summed E-state index contributed by atoms with van der Waals surface area (Å²) in [6.45, 7) is 2.89. The highest BCUT2D eigenvalue weighted by Crippen LogP contribution is 2.20. The number of nitrogens with zero attached hydrogens (tertiary/aromatic N) is 1. The number of furan rings is 1. The van der Waals surface area contributed by atoms with E-state index in [2.05, 4.69) is 11.6 Å². The van der Waals surface area contributed by atoms with E-state index in [4.69, 9.17) is 4.42 Å². The van der Waals surface area contributed by atoms with Crippen molar-refractivity contribution in [3.8, 4) is 0 Å². The normalized spacial score (nSPS) is 18.3. The van der Waals surface area contributed by atoms with Gasteiger partial charge in [-0.05, 0) is 62.6 Å². The molecule has 2 aromatic rings. The maximum Gasteiger partial charge on any atom is 0.254 e. The fourth-order valence-corrected chi connectivity index (χ4v) is 4.00. The van der Waals surface area contributed by atoms with Crippen molar-refractivity contribution in [1.82, 2.24) is 9.62 Å². The number of likely N-dealkylation sites (tertiary alicyclic amines) is 1. The summed E-state index contributed by atoms with van der Waals surface area (Å²) in [5.41, 5.74) is 0.513. The topological polar surface area (TPSA) is 79.6 Å². The Hall–Kier alpha value is -2.12. The van der Waals surface area contributed by atoms with Crippen LogP contribution >= 0.6 is 0 Å². The van der Waals surface area contributed by atoms with Gasteiger partial charge in [-0.1, -0.05) is 0 Å². The van der Waals surface area contributed by atoms with Gasteiger partial charge in [-0.25, -0.2) is 13.1 Å². The van der Waals surface area contributed by atoms with Gasteiger partial charge in [0, 0.05) is 18.2 Å². The zero-order chi connectivity index (χ0) is 17.9. The molecule has 1 aromatic heterocycles. The van der Waals surface area contributed by atoms with Crippen LogP contribution in [-0.4, -0.2) is 31.8 Å². The molecular formula is C18H22N2O4S. The zero-order valence-electron chi connectivity index (χ0n) is 14.1. The van der Waals surface area contributed by atoms with E-state index in [0.29, 0.717) is 11.3 Å². The SMILES string of the molecule is CC1CCCCN1C(=O)c1ccc(S(=O)(=O)NCc2ccco2)cc1. The Morgan fingerprint density at radius 2 is 2.00 bits per heavy atom. The summed E-state index contributed by atoms with van der Waals surface area (Å²) in [5.74, 6) is 0.495. The quantitative estimate of drug-likeness (QED) is 0.887. The smallest absolute Gasteiger partial charge is 0.254 e. The first-order valence-electron chi connectivity index (χ1n) is 8.40. The lowest BCUT2D eigenvalue weighted by Gasteiger charge is -2.33. The number of carbonyl (C=O) groups excluding carboxylic acids is 1. The van der Waals surface area contributed by atoms with E-state index in [1.807, 2.05) is 4.90 Å². The van der Waals surface area contributed by atoms with Crippen molar-refractivity contribution in [3.63, 3.8) is 0 Å². The fourth-order valence-electron chi connectivity index (χ4n) is 3.00. The van der Waals surface area contributed by atoms with E-state index in [1.54, 1.807) is 24.3 Å². The van der Waals surface area contributed by atoms with Crippen molar-refractivity contribution in [2.24, 2.45) is 0 Å². The van der Waals surface area contributed by atoms with Crippen LogP contribution in [0.1, 0.15) is 42.3 Å². The van der Waals surface area contributed by atoms with E-state index in [0.717, 1.165) is 25.8 Å². The Morgan fingerprint density at radius 3 is 2.64 bits per heavy atom. The number of carbonyl (C=O) groups is 1. The standard InChI is InChI=1S/C18H22N2O4S/c1-14-5-2-3-11-20(14)18(21)15-7-9-17(10-8-15)25(22,23)19-13-16-6-4-12-24-16/h4,6-10,12,14,19H,2-3,5,11,13H2,1H3. The number of hydrogen-bond acceptors (Lipinski definition) is 4. The van der Waals surface area contributed by atoms with Gasteiger partial charge >= 0.3 is 0 Å².